The Bertz CT molecular complexity index is 3610. The molecule has 8 atom stereocenters. The molecule has 83 heavy (non-hydrogen) atoms. The summed E-state index contributed by atoms with van der Waals surface area (Å²) in [5.74, 6) is 1.57. The second-order valence-corrected chi connectivity index (χ2v) is 25.1. The summed E-state index contributed by atoms with van der Waals surface area (Å²) in [4.78, 5) is 53.3. The molecule has 12 rings (SSSR count). The zero-order chi connectivity index (χ0) is 57.7. The SMILES string of the molecule is C#Cc1c(F)ccc2cc(O)cc(-c3ncc4c(N5CC6CCC(C5)N6)nc(OCCC5CC(CC6CCCCN6c6cnoc6C(C)(C)CC(=O)[C@]6(C(=O)N[C@@H](C)c7ccc(-c8scnc8C)cc7)CC(O)CN6)CCN5)nc4c3F)c12. The number of terminal acetylenes is 1. The summed E-state index contributed by atoms with van der Waals surface area (Å²) in [5.41, 5.74) is 3.04. The zero-order valence-corrected chi connectivity index (χ0v) is 48.1. The van der Waals surface area contributed by atoms with Crippen LogP contribution in [0.3, 0.4) is 0 Å². The number of piperazine rings is 1. The van der Waals surface area contributed by atoms with E-state index in [1.165, 1.54) is 24.3 Å². The van der Waals surface area contributed by atoms with Crippen LogP contribution in [0, 0.1) is 36.8 Å². The standard InChI is InChI=1S/C63H71F2N11O6S/c1-6-47-50(64)17-14-40-25-45(77)26-48(53(40)47)55-54(65)56-49(30-67-55)59(75-32-42-15-16-43(33-75)72-42)74-61(73-56)81-22-19-41-23-37(18-20-66-41)24-44-9-7-8-21-76(44)51-31-70-82-58(51)62(4,5)28-52(79)63(27-46(78)29-69-63)60(80)71-35(2)38-10-12-39(13-11-38)57-36(3)68-34-83-57/h1,10-14,17,25-26,30-31,34-35,37,41-44,46,66,69,72,77-78H,7-9,15-16,18-24,27-29,32-33H2,2-5H3,(H,71,80)/t35-,37?,41?,42?,43?,44?,46?,63-/m0/s1. The first-order valence-electron chi connectivity index (χ1n) is 29.2. The van der Waals surface area contributed by atoms with Crippen LogP contribution in [0.15, 0.2) is 71.0 Å². The molecular formula is C63H71F2N11O6S. The number of halogens is 2. The molecule has 0 spiro atoms. The second kappa shape index (κ2) is 23.1. The number of hydrogen-bond donors (Lipinski definition) is 6. The maximum atomic E-state index is 17.2. The van der Waals surface area contributed by atoms with Gasteiger partial charge in [-0.1, -0.05) is 55.3 Å². The number of hydrogen-bond acceptors (Lipinski definition) is 17. The Balaban J connectivity index is 0.721. The third kappa shape index (κ3) is 11.1. The molecule has 4 aromatic heterocycles. The number of aliphatic hydroxyl groups excluding tert-OH is 1. The number of anilines is 2. The average Bonchev–Trinajstić information content (AvgIpc) is 4.20. The van der Waals surface area contributed by atoms with Gasteiger partial charge in [-0.15, -0.1) is 17.8 Å². The number of ether oxygens (including phenoxy) is 1. The number of benzene rings is 3. The number of amides is 1. The molecule has 6 unspecified atom stereocenters. The molecule has 0 radical (unpaired) electrons. The summed E-state index contributed by atoms with van der Waals surface area (Å²) in [6.07, 6.45) is 16.8. The first kappa shape index (κ1) is 56.3. The van der Waals surface area contributed by atoms with Gasteiger partial charge in [-0.05, 0) is 119 Å². The van der Waals surface area contributed by atoms with Crippen molar-refractivity contribution in [3.05, 3.63) is 101 Å². The van der Waals surface area contributed by atoms with Crippen molar-refractivity contribution in [2.45, 2.75) is 146 Å². The van der Waals surface area contributed by atoms with Gasteiger partial charge in [0, 0.05) is 85.7 Å². The van der Waals surface area contributed by atoms with Crippen molar-refractivity contribution in [3.8, 4) is 45.8 Å². The number of pyridine rings is 1. The first-order chi connectivity index (χ1) is 40.0. The van der Waals surface area contributed by atoms with E-state index < -0.39 is 40.6 Å². The number of ketones is 1. The lowest BCUT2D eigenvalue weighted by atomic mass is 9.77. The van der Waals surface area contributed by atoms with Gasteiger partial charge in [0.25, 0.3) is 0 Å². The molecule has 7 aromatic rings. The number of nitrogens with one attached hydrogen (secondary N) is 4. The van der Waals surface area contributed by atoms with Crippen molar-refractivity contribution in [2.24, 2.45) is 5.92 Å². The van der Waals surface area contributed by atoms with Gasteiger partial charge in [-0.25, -0.2) is 13.8 Å². The number of aryl methyl sites for hydroxylation is 1. The molecule has 6 N–H and O–H groups in total. The number of aromatic nitrogens is 5. The molecule has 5 aliphatic rings. The molecule has 1 amide bonds. The first-order valence-corrected chi connectivity index (χ1v) is 30.1. The predicted octanol–water partition coefficient (Wildman–Crippen LogP) is 8.96. The summed E-state index contributed by atoms with van der Waals surface area (Å²) in [7, 11) is 0. The lowest BCUT2D eigenvalue weighted by molar-refractivity contribution is -0.138. The lowest BCUT2D eigenvalue weighted by Gasteiger charge is -2.41. The number of fused-ring (bicyclic) bond motifs is 4. The van der Waals surface area contributed by atoms with Crippen LogP contribution in [0.5, 0.6) is 11.8 Å². The van der Waals surface area contributed by atoms with E-state index in [2.05, 4.69) is 57.1 Å². The van der Waals surface area contributed by atoms with Crippen LogP contribution < -0.4 is 35.8 Å². The molecule has 17 nitrogen and oxygen atoms in total. The molecule has 5 aliphatic heterocycles. The van der Waals surface area contributed by atoms with Gasteiger partial charge < -0.3 is 45.2 Å². The normalized spacial score (nSPS) is 24.1. The van der Waals surface area contributed by atoms with Crippen LogP contribution in [-0.4, -0.2) is 122 Å². The maximum absolute atomic E-state index is 17.2. The Morgan fingerprint density at radius 3 is 2.60 bits per heavy atom. The number of aliphatic hydroxyl groups is 1. The number of thiazole rings is 1. The Morgan fingerprint density at radius 1 is 1.05 bits per heavy atom. The second-order valence-electron chi connectivity index (χ2n) is 24.2. The highest BCUT2D eigenvalue weighted by atomic mass is 32.1. The monoisotopic (exact) mass is 1150 g/mol. The van der Waals surface area contributed by atoms with E-state index in [9.17, 15) is 19.8 Å². The summed E-state index contributed by atoms with van der Waals surface area (Å²) < 4.78 is 44.9. The topological polar surface area (TPSA) is 216 Å². The quantitative estimate of drug-likeness (QED) is 0.0371. The Hall–Kier alpha value is -7.15. The van der Waals surface area contributed by atoms with Crippen LogP contribution in [0.1, 0.15) is 120 Å². The number of nitrogens with zero attached hydrogens (tertiary/aromatic N) is 7. The molecule has 5 fully saturated rings. The van der Waals surface area contributed by atoms with Gasteiger partial charge in [0.05, 0.1) is 52.0 Å². The van der Waals surface area contributed by atoms with Gasteiger partial charge in [-0.3, -0.25) is 19.9 Å². The Kier molecular flexibility index (Phi) is 15.7. The zero-order valence-electron chi connectivity index (χ0n) is 47.3. The van der Waals surface area contributed by atoms with Gasteiger partial charge in [0.15, 0.2) is 22.9 Å². The number of aromatic hydroxyl groups is 1. The van der Waals surface area contributed by atoms with Crippen molar-refractivity contribution in [1.82, 2.24) is 46.4 Å². The summed E-state index contributed by atoms with van der Waals surface area (Å²) in [6.45, 7) is 11.2. The third-order valence-corrected chi connectivity index (χ3v) is 19.0. The van der Waals surface area contributed by atoms with Gasteiger partial charge >= 0.3 is 6.01 Å². The van der Waals surface area contributed by atoms with Gasteiger partial charge in [0.2, 0.25) is 5.91 Å². The number of carbonyl (C=O) groups excluding carboxylic acids is 2. The molecule has 3 aromatic carbocycles. The fourth-order valence-corrected chi connectivity index (χ4v) is 14.6. The number of Topliss-reactive ketones (excluding diaryl/α,β-unsaturated/α-hetero) is 1. The van der Waals surface area contributed by atoms with Crippen molar-refractivity contribution >= 4 is 56.2 Å². The smallest absolute Gasteiger partial charge is 0.319 e. The van der Waals surface area contributed by atoms with Crippen molar-refractivity contribution in [3.63, 3.8) is 0 Å². The molecule has 5 saturated heterocycles. The van der Waals surface area contributed by atoms with E-state index in [4.69, 9.17) is 20.7 Å². The van der Waals surface area contributed by atoms with Crippen LogP contribution in [-0.2, 0) is 15.0 Å². The largest absolute Gasteiger partial charge is 0.508 e. The van der Waals surface area contributed by atoms with E-state index in [1.807, 2.05) is 57.5 Å². The fraction of sp³-hybridized carbons (Fsp3) is 0.476. The maximum Gasteiger partial charge on any atom is 0.319 e. The average molecular weight is 1150 g/mol. The Labute approximate surface area is 485 Å². The van der Waals surface area contributed by atoms with Crippen LogP contribution in [0.2, 0.25) is 0 Å². The molecule has 2 bridgehead atoms. The summed E-state index contributed by atoms with van der Waals surface area (Å²) in [6, 6.07) is 14.0. The van der Waals surface area contributed by atoms with Crippen molar-refractivity contribution in [1.29, 1.82) is 0 Å². The molecule has 0 aliphatic carbocycles. The number of carbonyl (C=O) groups is 2. The van der Waals surface area contributed by atoms with Gasteiger partial charge in [0.1, 0.15) is 34.3 Å². The molecule has 9 heterocycles. The number of rotatable bonds is 17. The molecular weight excluding hydrogens is 1080 g/mol. The van der Waals surface area contributed by atoms with Gasteiger partial charge in [-0.2, -0.15) is 9.97 Å². The van der Waals surface area contributed by atoms with Crippen LogP contribution in [0.25, 0.3) is 43.4 Å². The summed E-state index contributed by atoms with van der Waals surface area (Å²) in [5, 5.41) is 40.6. The van der Waals surface area contributed by atoms with Crippen LogP contribution in [0.4, 0.5) is 20.3 Å². The Morgan fingerprint density at radius 2 is 1.86 bits per heavy atom. The third-order valence-electron chi connectivity index (χ3n) is 18.0. The van der Waals surface area contributed by atoms with E-state index in [0.29, 0.717) is 47.8 Å². The molecule has 0 saturated carbocycles. The van der Waals surface area contributed by atoms with E-state index >= 15 is 8.78 Å². The number of piperidine rings is 2. The fourth-order valence-electron chi connectivity index (χ4n) is 13.8. The summed E-state index contributed by atoms with van der Waals surface area (Å²) >= 11 is 1.58. The van der Waals surface area contributed by atoms with Crippen molar-refractivity contribution in [2.75, 3.05) is 49.1 Å². The highest BCUT2D eigenvalue weighted by molar-refractivity contribution is 7.13. The number of phenolic OH excluding ortho intramolecular Hbond substituents is 1. The minimum atomic E-state index is -1.63. The van der Waals surface area contributed by atoms with E-state index in [0.717, 1.165) is 91.8 Å². The van der Waals surface area contributed by atoms with Crippen molar-refractivity contribution < 1.29 is 37.8 Å². The van der Waals surface area contributed by atoms with Crippen LogP contribution >= 0.6 is 11.3 Å². The lowest BCUT2D eigenvalue weighted by Crippen LogP contribution is -2.60. The minimum absolute atomic E-state index is 0.00126. The molecule has 20 heteroatoms. The highest BCUT2D eigenvalue weighted by Gasteiger charge is 2.53. The molecule has 434 valence electrons. The van der Waals surface area contributed by atoms with E-state index in [1.54, 1.807) is 23.7 Å². The predicted molar refractivity (Wildman–Crippen MR) is 316 cm³/mol. The number of phenols is 1. The minimum Gasteiger partial charge on any atom is -0.508 e. The van der Waals surface area contributed by atoms with E-state index in [-0.39, 0.29) is 95.4 Å². The highest BCUT2D eigenvalue weighted by Crippen LogP contribution is 2.43. The number of β-amino-alcohol motifs (C(OH)–C–C–N with tert-alkyl or cyclic N) is 1.